The molecule has 0 N–H and O–H groups in total. The Morgan fingerprint density at radius 1 is 1.00 bits per heavy atom. The monoisotopic (exact) mass is 490 g/mol. The van der Waals surface area contributed by atoms with Crippen molar-refractivity contribution in [2.75, 3.05) is 41.5 Å². The van der Waals surface area contributed by atoms with Gasteiger partial charge in [0.1, 0.15) is 10.6 Å². The Labute approximate surface area is 202 Å². The van der Waals surface area contributed by atoms with E-state index in [-0.39, 0.29) is 22.6 Å². The third-order valence-electron chi connectivity index (χ3n) is 6.27. The maximum Gasteiger partial charge on any atom is 0.253 e. The van der Waals surface area contributed by atoms with Gasteiger partial charge in [0.25, 0.3) is 5.91 Å². The first kappa shape index (κ1) is 25.8. The minimum Gasteiger partial charge on any atom is -0.495 e. The van der Waals surface area contributed by atoms with Crippen LogP contribution in [0.4, 0.5) is 0 Å². The molecule has 1 aliphatic rings. The van der Waals surface area contributed by atoms with Gasteiger partial charge in [0.15, 0.2) is 11.5 Å². The molecule has 1 aliphatic heterocycles. The van der Waals surface area contributed by atoms with Crippen molar-refractivity contribution in [2.45, 2.75) is 43.5 Å². The minimum absolute atomic E-state index is 0.0305. The van der Waals surface area contributed by atoms with Gasteiger partial charge in [-0.25, -0.2) is 8.42 Å². The van der Waals surface area contributed by atoms with Crippen molar-refractivity contribution in [3.8, 4) is 17.2 Å². The number of nitrogens with zero attached hydrogens (tertiary/aromatic N) is 2. The fraction of sp³-hybridized carbons (Fsp3) is 0.480. The lowest BCUT2D eigenvalue weighted by molar-refractivity contribution is 0.0796. The van der Waals surface area contributed by atoms with Crippen molar-refractivity contribution in [3.05, 3.63) is 47.5 Å². The molecule has 34 heavy (non-hydrogen) atoms. The molecule has 1 fully saturated rings. The Morgan fingerprint density at radius 3 is 2.32 bits per heavy atom. The SMILES string of the molecule is COc1ccc(CCN(C)C(=O)c2ccc(OC)c(S(=O)(=O)N3CCCC[C@H]3C)c2)cc1OC. The molecule has 186 valence electrons. The highest BCUT2D eigenvalue weighted by Gasteiger charge is 2.33. The van der Waals surface area contributed by atoms with Crippen LogP contribution in [0.2, 0.25) is 0 Å². The zero-order chi connectivity index (χ0) is 24.9. The Hall–Kier alpha value is -2.78. The number of piperidine rings is 1. The molecule has 1 heterocycles. The molecule has 1 atom stereocenters. The summed E-state index contributed by atoms with van der Waals surface area (Å²) < 4.78 is 44.4. The number of amides is 1. The molecule has 2 aromatic carbocycles. The van der Waals surface area contributed by atoms with Crippen LogP contribution >= 0.6 is 0 Å². The highest BCUT2D eigenvalue weighted by molar-refractivity contribution is 7.89. The molecule has 0 aromatic heterocycles. The fourth-order valence-corrected chi connectivity index (χ4v) is 6.10. The number of carbonyl (C=O) groups excluding carboxylic acids is 1. The van der Waals surface area contributed by atoms with Gasteiger partial charge in [-0.3, -0.25) is 4.79 Å². The highest BCUT2D eigenvalue weighted by Crippen LogP contribution is 2.32. The summed E-state index contributed by atoms with van der Waals surface area (Å²) in [7, 11) is 2.51. The molecular weight excluding hydrogens is 456 g/mol. The van der Waals surface area contributed by atoms with E-state index in [9.17, 15) is 13.2 Å². The zero-order valence-electron chi connectivity index (χ0n) is 20.5. The summed E-state index contributed by atoms with van der Waals surface area (Å²) in [4.78, 5) is 14.8. The van der Waals surface area contributed by atoms with E-state index in [2.05, 4.69) is 0 Å². The molecule has 1 amide bonds. The van der Waals surface area contributed by atoms with E-state index in [1.807, 2.05) is 25.1 Å². The zero-order valence-corrected chi connectivity index (χ0v) is 21.4. The summed E-state index contributed by atoms with van der Waals surface area (Å²) >= 11 is 0. The van der Waals surface area contributed by atoms with Gasteiger partial charge in [-0.15, -0.1) is 0 Å². The maximum atomic E-state index is 13.4. The largest absolute Gasteiger partial charge is 0.495 e. The molecule has 9 heteroatoms. The summed E-state index contributed by atoms with van der Waals surface area (Å²) in [5.74, 6) is 1.25. The maximum absolute atomic E-state index is 13.4. The second-order valence-electron chi connectivity index (χ2n) is 8.49. The molecule has 2 aromatic rings. The number of likely N-dealkylation sites (N-methyl/N-ethyl adjacent to an activating group) is 1. The Kier molecular flexibility index (Phi) is 8.43. The van der Waals surface area contributed by atoms with Crippen molar-refractivity contribution in [2.24, 2.45) is 0 Å². The number of rotatable bonds is 9. The molecule has 0 bridgehead atoms. The van der Waals surface area contributed by atoms with Crippen LogP contribution in [0.3, 0.4) is 0 Å². The lowest BCUT2D eigenvalue weighted by Gasteiger charge is -2.32. The molecule has 3 rings (SSSR count). The number of sulfonamides is 1. The van der Waals surface area contributed by atoms with Gasteiger partial charge in [0, 0.05) is 31.7 Å². The van der Waals surface area contributed by atoms with E-state index in [0.29, 0.717) is 36.6 Å². The van der Waals surface area contributed by atoms with Gasteiger partial charge in [0.05, 0.1) is 21.3 Å². The number of benzene rings is 2. The fourth-order valence-electron chi connectivity index (χ4n) is 4.22. The van der Waals surface area contributed by atoms with Gasteiger partial charge < -0.3 is 19.1 Å². The van der Waals surface area contributed by atoms with Crippen molar-refractivity contribution >= 4 is 15.9 Å². The van der Waals surface area contributed by atoms with Crippen LogP contribution in [0.5, 0.6) is 17.2 Å². The Morgan fingerprint density at radius 2 is 1.68 bits per heavy atom. The van der Waals surface area contributed by atoms with Crippen molar-refractivity contribution < 1.29 is 27.4 Å². The van der Waals surface area contributed by atoms with Crippen LogP contribution in [0.25, 0.3) is 0 Å². The van der Waals surface area contributed by atoms with Gasteiger partial charge in [-0.2, -0.15) is 4.31 Å². The molecule has 0 spiro atoms. The van der Waals surface area contributed by atoms with E-state index in [1.54, 1.807) is 38.3 Å². The molecule has 0 aliphatic carbocycles. The Bertz CT molecular complexity index is 1120. The first-order chi connectivity index (χ1) is 16.2. The Balaban J connectivity index is 1.79. The lowest BCUT2D eigenvalue weighted by Crippen LogP contribution is -2.42. The topological polar surface area (TPSA) is 85.4 Å². The predicted molar refractivity (Wildman–Crippen MR) is 130 cm³/mol. The van der Waals surface area contributed by atoms with Crippen LogP contribution < -0.4 is 14.2 Å². The van der Waals surface area contributed by atoms with Crippen molar-refractivity contribution in [3.63, 3.8) is 0 Å². The molecule has 0 radical (unpaired) electrons. The standard InChI is InChI=1S/C25H34N2O6S/c1-18-8-6-7-14-27(18)34(29,30)24-17-20(10-12-22(24)32-4)25(28)26(2)15-13-19-9-11-21(31-3)23(16-19)33-5/h9-12,16-18H,6-8,13-15H2,1-5H3/t18-/m1/s1. The summed E-state index contributed by atoms with van der Waals surface area (Å²) in [5.41, 5.74) is 1.30. The average molecular weight is 491 g/mol. The van der Waals surface area contributed by atoms with E-state index in [0.717, 1.165) is 24.8 Å². The lowest BCUT2D eigenvalue weighted by atomic mass is 10.1. The first-order valence-corrected chi connectivity index (χ1v) is 12.8. The van der Waals surface area contributed by atoms with Crippen LogP contribution in [0.1, 0.15) is 42.1 Å². The van der Waals surface area contributed by atoms with Crippen molar-refractivity contribution in [1.29, 1.82) is 0 Å². The van der Waals surface area contributed by atoms with E-state index >= 15 is 0 Å². The smallest absolute Gasteiger partial charge is 0.253 e. The number of methoxy groups -OCH3 is 3. The van der Waals surface area contributed by atoms with Gasteiger partial charge in [0.2, 0.25) is 10.0 Å². The summed E-state index contributed by atoms with van der Waals surface area (Å²) in [5, 5.41) is 0. The van der Waals surface area contributed by atoms with Crippen LogP contribution in [0.15, 0.2) is 41.3 Å². The first-order valence-electron chi connectivity index (χ1n) is 11.4. The van der Waals surface area contributed by atoms with Gasteiger partial charge >= 0.3 is 0 Å². The molecule has 8 nitrogen and oxygen atoms in total. The van der Waals surface area contributed by atoms with Crippen LogP contribution in [-0.2, 0) is 16.4 Å². The average Bonchev–Trinajstić information content (AvgIpc) is 2.86. The predicted octanol–water partition coefficient (Wildman–Crippen LogP) is 3.59. The molecule has 0 saturated carbocycles. The molecule has 0 unspecified atom stereocenters. The summed E-state index contributed by atoms with van der Waals surface area (Å²) in [6.07, 6.45) is 3.26. The second kappa shape index (κ2) is 11.1. The second-order valence-corrected chi connectivity index (χ2v) is 10.4. The van der Waals surface area contributed by atoms with Gasteiger partial charge in [-0.1, -0.05) is 12.5 Å². The number of hydrogen-bond acceptors (Lipinski definition) is 6. The number of ether oxygens (including phenoxy) is 3. The third-order valence-corrected chi connectivity index (χ3v) is 8.30. The number of carbonyl (C=O) groups is 1. The summed E-state index contributed by atoms with van der Waals surface area (Å²) in [6.45, 7) is 2.84. The normalized spacial score (nSPS) is 16.7. The van der Waals surface area contributed by atoms with E-state index < -0.39 is 10.0 Å². The van der Waals surface area contributed by atoms with Crippen LogP contribution in [0, 0.1) is 0 Å². The highest BCUT2D eigenvalue weighted by atomic mass is 32.2. The quantitative estimate of drug-likeness (QED) is 0.534. The van der Waals surface area contributed by atoms with Gasteiger partial charge in [-0.05, 0) is 62.1 Å². The van der Waals surface area contributed by atoms with E-state index in [4.69, 9.17) is 14.2 Å². The van der Waals surface area contributed by atoms with Crippen molar-refractivity contribution in [1.82, 2.24) is 9.21 Å². The van der Waals surface area contributed by atoms with E-state index in [1.165, 1.54) is 17.5 Å². The number of hydrogen-bond donors (Lipinski definition) is 0. The van der Waals surface area contributed by atoms with Crippen LogP contribution in [-0.4, -0.2) is 71.0 Å². The molecular formula is C25H34N2O6S. The minimum atomic E-state index is -3.79. The third kappa shape index (κ3) is 5.47. The summed E-state index contributed by atoms with van der Waals surface area (Å²) in [6, 6.07) is 10.1. The molecule has 1 saturated heterocycles.